The highest BCUT2D eigenvalue weighted by molar-refractivity contribution is 5.69. The van der Waals surface area contributed by atoms with E-state index in [4.69, 9.17) is 4.74 Å². The van der Waals surface area contributed by atoms with E-state index >= 15 is 0 Å². The van der Waals surface area contributed by atoms with E-state index in [0.29, 0.717) is 6.42 Å². The predicted octanol–water partition coefficient (Wildman–Crippen LogP) is 13.5. The second kappa shape index (κ2) is 37.1. The maximum Gasteiger partial charge on any atom is 0.306 e. The highest BCUT2D eigenvalue weighted by Gasteiger charge is 2.14. The van der Waals surface area contributed by atoms with Gasteiger partial charge in [-0.25, -0.2) is 0 Å². The summed E-state index contributed by atoms with van der Waals surface area (Å²) in [4.78, 5) is 14.8. The van der Waals surface area contributed by atoms with Gasteiger partial charge in [-0.1, -0.05) is 134 Å². The Morgan fingerprint density at radius 3 is 1.40 bits per heavy atom. The molecule has 0 spiro atoms. The molecule has 0 amide bonds. The average molecular weight is 630 g/mol. The Bertz CT molecular complexity index is 680. The van der Waals surface area contributed by atoms with Crippen LogP contribution in [-0.2, 0) is 9.53 Å². The first-order valence-corrected chi connectivity index (χ1v) is 19.9. The lowest BCUT2D eigenvalue weighted by molar-refractivity contribution is -0.150. The highest BCUT2D eigenvalue weighted by atomic mass is 16.5. The van der Waals surface area contributed by atoms with E-state index in [1.165, 1.54) is 148 Å². The van der Waals surface area contributed by atoms with Crippen molar-refractivity contribution in [2.45, 2.75) is 206 Å². The molecule has 264 valence electrons. The number of carbonyl (C=O) groups is 1. The Kier molecular flexibility index (Phi) is 36.0. The predicted molar refractivity (Wildman–Crippen MR) is 201 cm³/mol. The topological polar surface area (TPSA) is 29.5 Å². The molecule has 1 atom stereocenters. The van der Waals surface area contributed by atoms with Crippen molar-refractivity contribution in [1.82, 2.24) is 4.90 Å². The second-order valence-electron chi connectivity index (χ2n) is 13.8. The summed E-state index contributed by atoms with van der Waals surface area (Å²) < 4.78 is 6.02. The molecular weight excluding hydrogens is 550 g/mol. The van der Waals surface area contributed by atoms with Crippen molar-refractivity contribution >= 4 is 5.97 Å². The van der Waals surface area contributed by atoms with E-state index in [-0.39, 0.29) is 12.1 Å². The zero-order valence-electron chi connectivity index (χ0n) is 31.0. The summed E-state index contributed by atoms with van der Waals surface area (Å²) in [6.45, 7) is 5.58. The summed E-state index contributed by atoms with van der Waals surface area (Å²) >= 11 is 0. The standard InChI is InChI=1S/C42H79NO2/c1-5-7-9-11-13-15-17-19-21-22-24-26-28-30-32-34-38-41(45-42(44)39-35-36-40-43(3)4)37-33-31-29-27-25-23-20-18-16-14-12-10-8-6-2/h13,15,18-21,41H,5-12,14,16-17,22-40H2,1-4H3/b15-13-,20-18-,21-19-. The lowest BCUT2D eigenvalue weighted by atomic mass is 10.0. The van der Waals surface area contributed by atoms with Crippen molar-refractivity contribution in [3.05, 3.63) is 36.5 Å². The van der Waals surface area contributed by atoms with Gasteiger partial charge in [-0.2, -0.15) is 0 Å². The third-order valence-electron chi connectivity index (χ3n) is 8.80. The molecule has 0 aromatic carbocycles. The largest absolute Gasteiger partial charge is 0.462 e. The second-order valence-corrected chi connectivity index (χ2v) is 13.8. The van der Waals surface area contributed by atoms with Crippen LogP contribution in [0.25, 0.3) is 0 Å². The van der Waals surface area contributed by atoms with E-state index < -0.39 is 0 Å². The molecule has 0 aliphatic heterocycles. The summed E-state index contributed by atoms with van der Waals surface area (Å²) in [6, 6.07) is 0. The number of hydrogen-bond acceptors (Lipinski definition) is 3. The van der Waals surface area contributed by atoms with Crippen LogP contribution in [0.3, 0.4) is 0 Å². The molecule has 45 heavy (non-hydrogen) atoms. The summed E-state index contributed by atoms with van der Waals surface area (Å²) in [6.07, 6.45) is 49.9. The zero-order valence-corrected chi connectivity index (χ0v) is 31.0. The molecule has 0 saturated carbocycles. The maximum atomic E-state index is 12.6. The van der Waals surface area contributed by atoms with E-state index in [0.717, 1.165) is 38.6 Å². The maximum absolute atomic E-state index is 12.6. The number of carbonyl (C=O) groups excluding carboxylic acids is 1. The Morgan fingerprint density at radius 1 is 0.511 bits per heavy atom. The molecule has 0 radical (unpaired) electrons. The van der Waals surface area contributed by atoms with E-state index in [2.05, 4.69) is 69.3 Å². The Morgan fingerprint density at radius 2 is 0.911 bits per heavy atom. The van der Waals surface area contributed by atoms with Crippen LogP contribution in [0.5, 0.6) is 0 Å². The lowest BCUT2D eigenvalue weighted by Crippen LogP contribution is -2.19. The Balaban J connectivity index is 4.05. The number of hydrogen-bond donors (Lipinski definition) is 0. The number of unbranched alkanes of at least 4 members (excludes halogenated alkanes) is 20. The van der Waals surface area contributed by atoms with Crippen molar-refractivity contribution in [3.8, 4) is 0 Å². The molecule has 0 fully saturated rings. The van der Waals surface area contributed by atoms with Crippen molar-refractivity contribution in [2.75, 3.05) is 20.6 Å². The number of allylic oxidation sites excluding steroid dienone is 6. The van der Waals surface area contributed by atoms with Gasteiger partial charge in [0.05, 0.1) is 0 Å². The Hall–Kier alpha value is -1.35. The number of rotatable bonds is 35. The van der Waals surface area contributed by atoms with Gasteiger partial charge in [0.1, 0.15) is 6.10 Å². The summed E-state index contributed by atoms with van der Waals surface area (Å²) in [5, 5.41) is 0. The molecule has 3 heteroatoms. The van der Waals surface area contributed by atoms with Gasteiger partial charge in [-0.05, 0) is 117 Å². The summed E-state index contributed by atoms with van der Waals surface area (Å²) in [7, 11) is 4.18. The van der Waals surface area contributed by atoms with Gasteiger partial charge in [0, 0.05) is 6.42 Å². The van der Waals surface area contributed by atoms with Crippen LogP contribution in [0.2, 0.25) is 0 Å². The molecule has 0 heterocycles. The van der Waals surface area contributed by atoms with E-state index in [1.54, 1.807) is 0 Å². The van der Waals surface area contributed by atoms with Crippen LogP contribution in [0.15, 0.2) is 36.5 Å². The minimum atomic E-state index is 0.0240. The molecule has 0 aliphatic carbocycles. The molecule has 0 bridgehead atoms. The number of esters is 1. The molecule has 1 unspecified atom stereocenters. The van der Waals surface area contributed by atoms with Crippen LogP contribution in [0.1, 0.15) is 200 Å². The third-order valence-corrected chi connectivity index (χ3v) is 8.80. The fraction of sp³-hybridized carbons (Fsp3) is 0.833. The van der Waals surface area contributed by atoms with E-state index in [9.17, 15) is 4.79 Å². The minimum Gasteiger partial charge on any atom is -0.462 e. The van der Waals surface area contributed by atoms with Crippen LogP contribution in [0.4, 0.5) is 0 Å². The van der Waals surface area contributed by atoms with Gasteiger partial charge in [0.2, 0.25) is 0 Å². The molecule has 0 aromatic rings. The smallest absolute Gasteiger partial charge is 0.306 e. The van der Waals surface area contributed by atoms with Gasteiger partial charge in [0.15, 0.2) is 0 Å². The van der Waals surface area contributed by atoms with Crippen LogP contribution in [0, 0.1) is 0 Å². The molecule has 3 nitrogen and oxygen atoms in total. The van der Waals surface area contributed by atoms with Gasteiger partial charge >= 0.3 is 5.97 Å². The monoisotopic (exact) mass is 630 g/mol. The van der Waals surface area contributed by atoms with Crippen molar-refractivity contribution in [1.29, 1.82) is 0 Å². The fourth-order valence-corrected chi connectivity index (χ4v) is 5.83. The first-order chi connectivity index (χ1) is 22.1. The minimum absolute atomic E-state index is 0.0240. The molecule has 0 saturated heterocycles. The van der Waals surface area contributed by atoms with Crippen molar-refractivity contribution in [2.24, 2.45) is 0 Å². The first-order valence-electron chi connectivity index (χ1n) is 19.9. The van der Waals surface area contributed by atoms with Crippen molar-refractivity contribution in [3.63, 3.8) is 0 Å². The molecule has 0 aliphatic rings. The highest BCUT2D eigenvalue weighted by Crippen LogP contribution is 2.18. The van der Waals surface area contributed by atoms with Crippen LogP contribution < -0.4 is 0 Å². The number of ether oxygens (including phenoxy) is 1. The first kappa shape index (κ1) is 43.6. The van der Waals surface area contributed by atoms with Crippen LogP contribution >= 0.6 is 0 Å². The Labute approximate surface area is 283 Å². The van der Waals surface area contributed by atoms with E-state index in [1.807, 2.05) is 0 Å². The van der Waals surface area contributed by atoms with Crippen LogP contribution in [-0.4, -0.2) is 37.6 Å². The van der Waals surface area contributed by atoms with Gasteiger partial charge in [-0.15, -0.1) is 0 Å². The van der Waals surface area contributed by atoms with Gasteiger partial charge < -0.3 is 9.64 Å². The molecule has 0 rings (SSSR count). The third kappa shape index (κ3) is 37.0. The molecular formula is C42H79NO2. The normalized spacial score (nSPS) is 12.8. The molecule has 0 aromatic heterocycles. The molecule has 0 N–H and O–H groups in total. The summed E-state index contributed by atoms with van der Waals surface area (Å²) in [5.41, 5.74) is 0. The average Bonchev–Trinajstić information content (AvgIpc) is 3.02. The fourth-order valence-electron chi connectivity index (χ4n) is 5.83. The SMILES string of the molecule is CCCCC/C=C\C/C=C\CCCCCCCCC(CCCCCCC/C=C\CCCCCCC)OC(=O)CCCCN(C)C. The van der Waals surface area contributed by atoms with Crippen molar-refractivity contribution < 1.29 is 9.53 Å². The zero-order chi connectivity index (χ0) is 32.9. The lowest BCUT2D eigenvalue weighted by Gasteiger charge is -2.18. The van der Waals surface area contributed by atoms with Gasteiger partial charge in [-0.3, -0.25) is 4.79 Å². The quantitative estimate of drug-likeness (QED) is 0.0397. The number of nitrogens with zero attached hydrogens (tertiary/aromatic N) is 1. The van der Waals surface area contributed by atoms with Gasteiger partial charge in [0.25, 0.3) is 0 Å². The summed E-state index contributed by atoms with van der Waals surface area (Å²) in [5.74, 6) is 0.0240.